The van der Waals surface area contributed by atoms with Gasteiger partial charge in [0, 0.05) is 28.4 Å². The molecule has 1 N–H and O–H groups in total. The lowest BCUT2D eigenvalue weighted by molar-refractivity contribution is -0.131. The number of halogens is 2. The number of hydrogen-bond acceptors (Lipinski definition) is 3. The Labute approximate surface area is 178 Å². The fourth-order valence-corrected chi connectivity index (χ4v) is 4.94. The Morgan fingerprint density at radius 3 is 2.39 bits per heavy atom. The largest absolute Gasteiger partial charge is 0.477 e. The summed E-state index contributed by atoms with van der Waals surface area (Å²) in [6.45, 7) is 3.71. The summed E-state index contributed by atoms with van der Waals surface area (Å²) in [7, 11) is 0. The molecule has 0 fully saturated rings. The smallest absolute Gasteiger partial charge is 0.343 e. The molecule has 1 heterocycles. The predicted molar refractivity (Wildman–Crippen MR) is 114 cm³/mol. The highest BCUT2D eigenvalue weighted by Gasteiger charge is 2.37. The zero-order chi connectivity index (χ0) is 20.4. The lowest BCUT2D eigenvalue weighted by Crippen LogP contribution is -2.37. The van der Waals surface area contributed by atoms with Gasteiger partial charge in [-0.25, -0.2) is 4.79 Å². The fraction of sp³-hybridized carbons (Fsp3) is 0.238. The van der Waals surface area contributed by atoms with Gasteiger partial charge < -0.3 is 10.0 Å². The molecule has 2 aromatic rings. The molecular weight excluding hydrogens is 417 g/mol. The Kier molecular flexibility index (Phi) is 6.38. The van der Waals surface area contributed by atoms with Crippen LogP contribution in [0.5, 0.6) is 0 Å². The highest BCUT2D eigenvalue weighted by Crippen LogP contribution is 2.49. The maximum Gasteiger partial charge on any atom is 0.343 e. The van der Waals surface area contributed by atoms with E-state index in [1.54, 1.807) is 12.1 Å². The Morgan fingerprint density at radius 2 is 1.82 bits per heavy atom. The van der Waals surface area contributed by atoms with E-state index in [0.717, 1.165) is 5.56 Å². The Hall–Kier alpha value is -1.95. The molecule has 1 amide bonds. The molecule has 1 aliphatic rings. The molecule has 1 atom stereocenters. The van der Waals surface area contributed by atoms with E-state index in [9.17, 15) is 14.7 Å². The number of carbonyl (C=O) groups is 2. The van der Waals surface area contributed by atoms with E-state index < -0.39 is 5.97 Å². The van der Waals surface area contributed by atoms with Gasteiger partial charge in [0.05, 0.1) is 10.6 Å². The van der Waals surface area contributed by atoms with Crippen LogP contribution in [0, 0.1) is 0 Å². The predicted octanol–water partition coefficient (Wildman–Crippen LogP) is 6.02. The van der Waals surface area contributed by atoms with E-state index in [4.69, 9.17) is 23.2 Å². The van der Waals surface area contributed by atoms with E-state index in [2.05, 4.69) is 0 Å². The summed E-state index contributed by atoms with van der Waals surface area (Å²) in [6, 6.07) is 14.1. The number of amides is 1. The third kappa shape index (κ3) is 4.22. The Balaban J connectivity index is 2.00. The molecule has 0 saturated heterocycles. The molecule has 0 saturated carbocycles. The van der Waals surface area contributed by atoms with Crippen molar-refractivity contribution in [2.75, 3.05) is 0 Å². The number of allylic oxidation sites excluding steroid dienone is 1. The van der Waals surface area contributed by atoms with Crippen LogP contribution in [0.1, 0.15) is 41.4 Å². The molecule has 2 aromatic carbocycles. The minimum atomic E-state index is -1.03. The van der Waals surface area contributed by atoms with Crippen molar-refractivity contribution >= 4 is 46.8 Å². The van der Waals surface area contributed by atoms with E-state index in [-0.39, 0.29) is 27.1 Å². The summed E-state index contributed by atoms with van der Waals surface area (Å²) in [4.78, 5) is 26.9. The average molecular weight is 436 g/mol. The second kappa shape index (κ2) is 8.60. The van der Waals surface area contributed by atoms with Gasteiger partial charge in [-0.2, -0.15) is 0 Å². The minimum absolute atomic E-state index is 0.0583. The summed E-state index contributed by atoms with van der Waals surface area (Å²) in [5, 5.41) is 10.4. The average Bonchev–Trinajstić information content (AvgIpc) is 3.07. The van der Waals surface area contributed by atoms with Gasteiger partial charge in [0.15, 0.2) is 0 Å². The van der Waals surface area contributed by atoms with Crippen molar-refractivity contribution in [1.29, 1.82) is 0 Å². The molecule has 0 aromatic heterocycles. The number of carboxylic acids is 1. The van der Waals surface area contributed by atoms with E-state index in [1.165, 1.54) is 22.7 Å². The number of nitrogens with zero attached hydrogens (tertiary/aromatic N) is 1. The van der Waals surface area contributed by atoms with Gasteiger partial charge in [0.1, 0.15) is 4.91 Å². The van der Waals surface area contributed by atoms with Crippen LogP contribution in [0.3, 0.4) is 0 Å². The van der Waals surface area contributed by atoms with Crippen molar-refractivity contribution < 1.29 is 14.7 Å². The molecule has 4 nitrogen and oxygen atoms in total. The normalized spacial score (nSPS) is 16.5. The number of hydrogen-bond donors (Lipinski definition) is 1. The third-order valence-corrected chi connectivity index (χ3v) is 6.37. The molecule has 3 rings (SSSR count). The zero-order valence-corrected chi connectivity index (χ0v) is 17.7. The van der Waals surface area contributed by atoms with Crippen molar-refractivity contribution in [3.8, 4) is 0 Å². The maximum absolute atomic E-state index is 13.3. The Bertz CT molecular complexity index is 944. The molecule has 0 radical (unpaired) electrons. The number of aliphatic carboxylic acids is 1. The summed E-state index contributed by atoms with van der Waals surface area (Å²) in [6.07, 6.45) is 0.450. The van der Waals surface area contributed by atoms with Crippen molar-refractivity contribution in [2.24, 2.45) is 0 Å². The molecule has 1 unspecified atom stereocenters. The van der Waals surface area contributed by atoms with Crippen LogP contribution in [0.4, 0.5) is 0 Å². The number of thioether (sulfide) groups is 1. The number of carboxylic acid groups (broad SMARTS) is 1. The number of rotatable bonds is 5. The van der Waals surface area contributed by atoms with Gasteiger partial charge in [-0.1, -0.05) is 53.5 Å². The molecule has 0 spiro atoms. The third-order valence-electron chi connectivity index (χ3n) is 4.45. The summed E-state index contributed by atoms with van der Waals surface area (Å²) in [5.74, 6) is -1.36. The van der Waals surface area contributed by atoms with Gasteiger partial charge in [-0.15, -0.1) is 11.8 Å². The topological polar surface area (TPSA) is 57.6 Å². The van der Waals surface area contributed by atoms with Crippen LogP contribution < -0.4 is 0 Å². The van der Waals surface area contributed by atoms with Crippen LogP contribution in [0.15, 0.2) is 59.1 Å². The molecule has 1 aliphatic heterocycles. The second-order valence-corrected chi connectivity index (χ2v) is 8.75. The first-order chi connectivity index (χ1) is 13.3. The SMILES string of the molecule is CC(C)N(C(=O)c1ccc(Cl)cc1Cl)C1=C(C(=O)O)SC(c2ccccc2)C1. The van der Waals surface area contributed by atoms with Gasteiger partial charge in [-0.05, 0) is 37.6 Å². The standard InChI is InChI=1S/C21H19Cl2NO3S/c1-12(2)24(20(25)15-9-8-14(22)10-16(15)23)17-11-18(28-19(17)21(26)27)13-6-4-3-5-7-13/h3-10,12,18H,11H2,1-2H3,(H,26,27). The lowest BCUT2D eigenvalue weighted by atomic mass is 10.0. The molecule has 28 heavy (non-hydrogen) atoms. The van der Waals surface area contributed by atoms with Gasteiger partial charge >= 0.3 is 5.97 Å². The molecule has 0 bridgehead atoms. The van der Waals surface area contributed by atoms with Crippen LogP contribution in [-0.4, -0.2) is 27.9 Å². The maximum atomic E-state index is 13.3. The quantitative estimate of drug-likeness (QED) is 0.623. The van der Waals surface area contributed by atoms with Crippen LogP contribution in [0.2, 0.25) is 10.0 Å². The van der Waals surface area contributed by atoms with E-state index in [0.29, 0.717) is 22.7 Å². The van der Waals surface area contributed by atoms with Gasteiger partial charge in [0.2, 0.25) is 0 Å². The fourth-order valence-electron chi connectivity index (χ4n) is 3.22. The van der Waals surface area contributed by atoms with Crippen LogP contribution in [0.25, 0.3) is 0 Å². The van der Waals surface area contributed by atoms with Crippen LogP contribution >= 0.6 is 35.0 Å². The van der Waals surface area contributed by atoms with E-state index >= 15 is 0 Å². The van der Waals surface area contributed by atoms with Crippen molar-refractivity contribution in [3.05, 3.63) is 80.3 Å². The Morgan fingerprint density at radius 1 is 1.14 bits per heavy atom. The molecule has 7 heteroatoms. The molecule has 146 valence electrons. The molecule has 0 aliphatic carbocycles. The minimum Gasteiger partial charge on any atom is -0.477 e. The molecular formula is C21H19Cl2NO3S. The van der Waals surface area contributed by atoms with Gasteiger partial charge in [-0.3, -0.25) is 4.79 Å². The van der Waals surface area contributed by atoms with Crippen LogP contribution in [-0.2, 0) is 4.79 Å². The van der Waals surface area contributed by atoms with Crippen molar-refractivity contribution in [2.45, 2.75) is 31.6 Å². The highest BCUT2D eigenvalue weighted by atomic mass is 35.5. The summed E-state index contributed by atoms with van der Waals surface area (Å²) < 4.78 is 0. The lowest BCUT2D eigenvalue weighted by Gasteiger charge is -2.29. The van der Waals surface area contributed by atoms with Crippen molar-refractivity contribution in [3.63, 3.8) is 0 Å². The highest BCUT2D eigenvalue weighted by molar-refractivity contribution is 8.04. The summed E-state index contributed by atoms with van der Waals surface area (Å²) in [5.41, 5.74) is 1.84. The first-order valence-electron chi connectivity index (χ1n) is 8.76. The van der Waals surface area contributed by atoms with Gasteiger partial charge in [0.25, 0.3) is 5.91 Å². The summed E-state index contributed by atoms with van der Waals surface area (Å²) >= 11 is 13.5. The number of carbonyl (C=O) groups excluding carboxylic acids is 1. The monoisotopic (exact) mass is 435 g/mol. The first-order valence-corrected chi connectivity index (χ1v) is 10.4. The second-order valence-electron chi connectivity index (χ2n) is 6.70. The zero-order valence-electron chi connectivity index (χ0n) is 15.4. The first kappa shape index (κ1) is 20.8. The number of benzene rings is 2. The van der Waals surface area contributed by atoms with E-state index in [1.807, 2.05) is 44.2 Å². The van der Waals surface area contributed by atoms with Crippen molar-refractivity contribution in [1.82, 2.24) is 4.90 Å².